The van der Waals surface area contributed by atoms with Crippen LogP contribution in [0.5, 0.6) is 0 Å². The molecule has 1 unspecified atom stereocenters. The van der Waals surface area contributed by atoms with E-state index in [2.05, 4.69) is 5.43 Å². The molecule has 1 atom stereocenters. The molecule has 0 aliphatic rings. The highest BCUT2D eigenvalue weighted by Gasteiger charge is 2.28. The van der Waals surface area contributed by atoms with E-state index in [9.17, 15) is 8.78 Å². The minimum Gasteiger partial charge on any atom is -0.377 e. The van der Waals surface area contributed by atoms with Gasteiger partial charge in [-0.3, -0.25) is 11.3 Å². The van der Waals surface area contributed by atoms with Gasteiger partial charge >= 0.3 is 0 Å². The monoisotopic (exact) mass is 244 g/mol. The van der Waals surface area contributed by atoms with E-state index in [0.29, 0.717) is 12.0 Å². The summed E-state index contributed by atoms with van der Waals surface area (Å²) in [4.78, 5) is 0. The molecule has 1 rings (SSSR count). The summed E-state index contributed by atoms with van der Waals surface area (Å²) >= 11 is 0. The van der Waals surface area contributed by atoms with Crippen molar-refractivity contribution in [2.45, 2.75) is 31.9 Å². The second kappa shape index (κ2) is 5.53. The number of hydrazine groups is 1. The Kier molecular flexibility index (Phi) is 4.56. The lowest BCUT2D eigenvalue weighted by Crippen LogP contribution is -2.52. The van der Waals surface area contributed by atoms with Gasteiger partial charge in [-0.15, -0.1) is 0 Å². The number of nitrogens with one attached hydrogen (secondary N) is 1. The predicted octanol–water partition coefficient (Wildman–Crippen LogP) is 1.76. The van der Waals surface area contributed by atoms with E-state index in [1.165, 1.54) is 12.1 Å². The summed E-state index contributed by atoms with van der Waals surface area (Å²) in [6.07, 6.45) is 0.381. The van der Waals surface area contributed by atoms with Crippen molar-refractivity contribution in [3.05, 3.63) is 35.4 Å². The second-order valence-electron chi connectivity index (χ2n) is 4.51. The maximum Gasteiger partial charge on any atom is 0.126 e. The first kappa shape index (κ1) is 14.0. The summed E-state index contributed by atoms with van der Waals surface area (Å²) in [5, 5.41) is 0. The van der Waals surface area contributed by atoms with Crippen molar-refractivity contribution in [2.75, 3.05) is 7.11 Å². The maximum absolute atomic E-state index is 13.0. The smallest absolute Gasteiger partial charge is 0.126 e. The zero-order valence-corrected chi connectivity index (χ0v) is 10.3. The molecule has 96 valence electrons. The van der Waals surface area contributed by atoms with Crippen LogP contribution in [0, 0.1) is 11.6 Å². The molecule has 5 heteroatoms. The molecule has 0 bridgehead atoms. The molecule has 1 aromatic rings. The maximum atomic E-state index is 13.0. The van der Waals surface area contributed by atoms with Crippen molar-refractivity contribution < 1.29 is 13.5 Å². The van der Waals surface area contributed by atoms with Crippen LogP contribution in [-0.2, 0) is 11.2 Å². The van der Waals surface area contributed by atoms with Gasteiger partial charge in [0.05, 0.1) is 11.6 Å². The zero-order chi connectivity index (χ0) is 13.1. The fourth-order valence-corrected chi connectivity index (χ4v) is 1.61. The van der Waals surface area contributed by atoms with Crippen LogP contribution in [0.15, 0.2) is 18.2 Å². The molecule has 0 saturated carbocycles. The van der Waals surface area contributed by atoms with Gasteiger partial charge in [0, 0.05) is 13.2 Å². The molecule has 17 heavy (non-hydrogen) atoms. The third-order valence-electron chi connectivity index (χ3n) is 2.93. The van der Waals surface area contributed by atoms with Gasteiger partial charge in [0.15, 0.2) is 0 Å². The van der Waals surface area contributed by atoms with Crippen molar-refractivity contribution in [1.29, 1.82) is 0 Å². The van der Waals surface area contributed by atoms with Gasteiger partial charge in [0.25, 0.3) is 0 Å². The number of methoxy groups -OCH3 is 1. The average molecular weight is 244 g/mol. The molecule has 0 heterocycles. The van der Waals surface area contributed by atoms with Crippen LogP contribution in [0.1, 0.15) is 19.4 Å². The van der Waals surface area contributed by atoms with Crippen molar-refractivity contribution in [2.24, 2.45) is 5.84 Å². The Morgan fingerprint density at radius 2 is 1.82 bits per heavy atom. The third kappa shape index (κ3) is 3.73. The number of nitrogens with two attached hydrogens (primary N) is 1. The minimum absolute atomic E-state index is 0.242. The quantitative estimate of drug-likeness (QED) is 0.613. The topological polar surface area (TPSA) is 47.3 Å². The Labute approximate surface area is 99.9 Å². The van der Waals surface area contributed by atoms with Gasteiger partial charge in [-0.1, -0.05) is 0 Å². The lowest BCUT2D eigenvalue weighted by molar-refractivity contribution is -0.0101. The number of benzene rings is 1. The van der Waals surface area contributed by atoms with Crippen LogP contribution in [0.25, 0.3) is 0 Å². The molecule has 0 fully saturated rings. The standard InChI is InChI=1S/C12H18F2N2O/c1-12(2,17-3)11(16-15)6-8-4-9(13)7-10(14)5-8/h4-5,7,11,16H,6,15H2,1-3H3. The van der Waals surface area contributed by atoms with Crippen LogP contribution >= 0.6 is 0 Å². The summed E-state index contributed by atoms with van der Waals surface area (Å²) < 4.78 is 31.4. The van der Waals surface area contributed by atoms with E-state index in [1.54, 1.807) is 7.11 Å². The largest absolute Gasteiger partial charge is 0.377 e. The molecule has 0 aliphatic carbocycles. The van der Waals surface area contributed by atoms with Gasteiger partial charge in [-0.05, 0) is 38.0 Å². The molecule has 0 saturated heterocycles. The van der Waals surface area contributed by atoms with Gasteiger partial charge in [-0.25, -0.2) is 8.78 Å². The van der Waals surface area contributed by atoms with Crippen LogP contribution in [0.4, 0.5) is 8.78 Å². The van der Waals surface area contributed by atoms with Gasteiger partial charge in [0.1, 0.15) is 11.6 Å². The Morgan fingerprint density at radius 1 is 1.29 bits per heavy atom. The van der Waals surface area contributed by atoms with Crippen molar-refractivity contribution in [3.8, 4) is 0 Å². The molecule has 0 aliphatic heterocycles. The minimum atomic E-state index is -0.592. The van der Waals surface area contributed by atoms with Crippen molar-refractivity contribution >= 4 is 0 Å². The Morgan fingerprint density at radius 3 is 2.24 bits per heavy atom. The first-order chi connectivity index (χ1) is 7.89. The van der Waals surface area contributed by atoms with E-state index < -0.39 is 17.2 Å². The number of halogens is 2. The summed E-state index contributed by atoms with van der Waals surface area (Å²) in [5.41, 5.74) is 2.62. The number of rotatable bonds is 5. The molecular weight excluding hydrogens is 226 g/mol. The highest BCUT2D eigenvalue weighted by Crippen LogP contribution is 2.18. The van der Waals surface area contributed by atoms with Crippen LogP contribution < -0.4 is 11.3 Å². The van der Waals surface area contributed by atoms with Crippen LogP contribution in [0.3, 0.4) is 0 Å². The first-order valence-electron chi connectivity index (χ1n) is 5.35. The first-order valence-corrected chi connectivity index (χ1v) is 5.35. The average Bonchev–Trinajstić information content (AvgIpc) is 2.24. The van der Waals surface area contributed by atoms with Crippen LogP contribution in [-0.4, -0.2) is 18.8 Å². The van der Waals surface area contributed by atoms with E-state index in [0.717, 1.165) is 6.07 Å². The molecule has 0 radical (unpaired) electrons. The SMILES string of the molecule is COC(C)(C)C(Cc1cc(F)cc(F)c1)NN. The predicted molar refractivity (Wildman–Crippen MR) is 62.3 cm³/mol. The Hall–Kier alpha value is -1.04. The fraction of sp³-hybridized carbons (Fsp3) is 0.500. The summed E-state index contributed by atoms with van der Waals surface area (Å²) in [5.74, 6) is 4.26. The summed E-state index contributed by atoms with van der Waals surface area (Å²) in [6, 6.07) is 3.18. The molecular formula is C12H18F2N2O. The molecule has 3 nitrogen and oxygen atoms in total. The van der Waals surface area contributed by atoms with E-state index in [1.807, 2.05) is 13.8 Å². The summed E-state index contributed by atoms with van der Waals surface area (Å²) in [7, 11) is 1.57. The van der Waals surface area contributed by atoms with Crippen molar-refractivity contribution in [1.82, 2.24) is 5.43 Å². The second-order valence-corrected chi connectivity index (χ2v) is 4.51. The van der Waals surface area contributed by atoms with Crippen LogP contribution in [0.2, 0.25) is 0 Å². The summed E-state index contributed by atoms with van der Waals surface area (Å²) in [6.45, 7) is 3.71. The Bertz CT molecular complexity index is 363. The molecule has 0 aromatic heterocycles. The molecule has 0 spiro atoms. The lowest BCUT2D eigenvalue weighted by atomic mass is 9.92. The highest BCUT2D eigenvalue weighted by molar-refractivity contribution is 5.19. The van der Waals surface area contributed by atoms with E-state index >= 15 is 0 Å². The number of hydrogen-bond donors (Lipinski definition) is 2. The van der Waals surface area contributed by atoms with Gasteiger partial charge < -0.3 is 4.74 Å². The number of hydrogen-bond acceptors (Lipinski definition) is 3. The molecule has 1 aromatic carbocycles. The Balaban J connectivity index is 2.88. The fourth-order valence-electron chi connectivity index (χ4n) is 1.61. The van der Waals surface area contributed by atoms with E-state index in [4.69, 9.17) is 10.6 Å². The molecule has 0 amide bonds. The van der Waals surface area contributed by atoms with Gasteiger partial charge in [0.2, 0.25) is 0 Å². The lowest BCUT2D eigenvalue weighted by Gasteiger charge is -2.32. The van der Waals surface area contributed by atoms with Crippen molar-refractivity contribution in [3.63, 3.8) is 0 Å². The van der Waals surface area contributed by atoms with Gasteiger partial charge in [-0.2, -0.15) is 0 Å². The number of ether oxygens (including phenoxy) is 1. The zero-order valence-electron chi connectivity index (χ0n) is 10.3. The normalized spacial score (nSPS) is 13.8. The van der Waals surface area contributed by atoms with E-state index in [-0.39, 0.29) is 6.04 Å². The highest BCUT2D eigenvalue weighted by atomic mass is 19.1. The third-order valence-corrected chi connectivity index (χ3v) is 2.93. The molecule has 3 N–H and O–H groups in total.